The second-order valence-electron chi connectivity index (χ2n) is 6.81. The van der Waals surface area contributed by atoms with Gasteiger partial charge in [-0.1, -0.05) is 15.9 Å². The minimum atomic E-state index is -0.0261. The Balaban J connectivity index is 0.00000392. The number of amides is 1. The SMILES string of the molecule is CCNC(=NCCC(=O)Nc1ccc(Br)cc1)N(C)CCC1CCOCC1.I. The number of guanidine groups is 1. The van der Waals surface area contributed by atoms with E-state index in [4.69, 9.17) is 4.74 Å². The quantitative estimate of drug-likeness (QED) is 0.282. The maximum Gasteiger partial charge on any atom is 0.226 e. The highest BCUT2D eigenvalue weighted by Crippen LogP contribution is 2.18. The number of halogens is 2. The Labute approximate surface area is 194 Å². The molecule has 1 saturated heterocycles. The summed E-state index contributed by atoms with van der Waals surface area (Å²) < 4.78 is 6.42. The summed E-state index contributed by atoms with van der Waals surface area (Å²) in [4.78, 5) is 18.9. The van der Waals surface area contributed by atoms with Crippen LogP contribution in [0.1, 0.15) is 32.6 Å². The molecule has 0 atom stereocenters. The van der Waals surface area contributed by atoms with E-state index in [9.17, 15) is 4.79 Å². The molecule has 1 aliphatic rings. The number of carbonyl (C=O) groups excluding carboxylic acids is 1. The van der Waals surface area contributed by atoms with Gasteiger partial charge in [0.15, 0.2) is 5.96 Å². The molecule has 1 heterocycles. The van der Waals surface area contributed by atoms with Crippen LogP contribution in [-0.4, -0.2) is 56.7 Å². The van der Waals surface area contributed by atoms with E-state index in [-0.39, 0.29) is 29.9 Å². The first-order valence-electron chi connectivity index (χ1n) is 9.71. The topological polar surface area (TPSA) is 66.0 Å². The Kier molecular flexibility index (Phi) is 12.7. The fourth-order valence-corrected chi connectivity index (χ4v) is 3.27. The van der Waals surface area contributed by atoms with Gasteiger partial charge in [0.25, 0.3) is 0 Å². The summed E-state index contributed by atoms with van der Waals surface area (Å²) in [6, 6.07) is 7.56. The molecule has 2 rings (SSSR count). The van der Waals surface area contributed by atoms with Crippen molar-refractivity contribution in [2.24, 2.45) is 10.9 Å². The van der Waals surface area contributed by atoms with Crippen LogP contribution in [0.15, 0.2) is 33.7 Å². The van der Waals surface area contributed by atoms with Crippen molar-refractivity contribution in [1.82, 2.24) is 10.2 Å². The van der Waals surface area contributed by atoms with Crippen LogP contribution in [0.4, 0.5) is 5.69 Å². The molecule has 1 aromatic carbocycles. The molecule has 1 fully saturated rings. The lowest BCUT2D eigenvalue weighted by Crippen LogP contribution is -2.40. The third-order valence-corrected chi connectivity index (χ3v) is 5.17. The Hall–Kier alpha value is -0.870. The van der Waals surface area contributed by atoms with Gasteiger partial charge in [-0.3, -0.25) is 9.79 Å². The average Bonchev–Trinajstić information content (AvgIpc) is 2.68. The predicted molar refractivity (Wildman–Crippen MR) is 130 cm³/mol. The molecule has 0 bridgehead atoms. The molecule has 8 heteroatoms. The van der Waals surface area contributed by atoms with Gasteiger partial charge in [-0.05, 0) is 56.4 Å². The van der Waals surface area contributed by atoms with Crippen LogP contribution in [-0.2, 0) is 9.53 Å². The maximum absolute atomic E-state index is 12.1. The third kappa shape index (κ3) is 9.56. The van der Waals surface area contributed by atoms with Crippen LogP contribution in [0.5, 0.6) is 0 Å². The molecule has 0 spiro atoms. The van der Waals surface area contributed by atoms with E-state index < -0.39 is 0 Å². The molecule has 0 radical (unpaired) electrons. The Morgan fingerprint density at radius 1 is 1.29 bits per heavy atom. The van der Waals surface area contributed by atoms with Crippen molar-refractivity contribution in [3.8, 4) is 0 Å². The lowest BCUT2D eigenvalue weighted by Gasteiger charge is -2.26. The van der Waals surface area contributed by atoms with Crippen molar-refractivity contribution in [3.63, 3.8) is 0 Å². The molecule has 2 N–H and O–H groups in total. The van der Waals surface area contributed by atoms with Crippen molar-refractivity contribution in [1.29, 1.82) is 0 Å². The summed E-state index contributed by atoms with van der Waals surface area (Å²) in [6.07, 6.45) is 3.81. The normalized spacial score (nSPS) is 14.9. The number of hydrogen-bond acceptors (Lipinski definition) is 3. The molecule has 158 valence electrons. The molecular formula is C20H32BrIN4O2. The van der Waals surface area contributed by atoms with Crippen molar-refractivity contribution in [2.45, 2.75) is 32.6 Å². The second-order valence-corrected chi connectivity index (χ2v) is 7.72. The zero-order valence-corrected chi connectivity index (χ0v) is 20.7. The van der Waals surface area contributed by atoms with Gasteiger partial charge in [0.05, 0.1) is 6.54 Å². The van der Waals surface area contributed by atoms with Gasteiger partial charge >= 0.3 is 0 Å². The number of rotatable bonds is 8. The van der Waals surface area contributed by atoms with Gasteiger partial charge in [-0.25, -0.2) is 0 Å². The molecule has 0 aliphatic carbocycles. The summed E-state index contributed by atoms with van der Waals surface area (Å²) in [5.41, 5.74) is 0.799. The number of carbonyl (C=O) groups is 1. The average molecular weight is 567 g/mol. The van der Waals surface area contributed by atoms with Gasteiger partial charge < -0.3 is 20.3 Å². The highest BCUT2D eigenvalue weighted by atomic mass is 127. The van der Waals surface area contributed by atoms with Gasteiger partial charge in [-0.2, -0.15) is 0 Å². The highest BCUT2D eigenvalue weighted by Gasteiger charge is 2.15. The van der Waals surface area contributed by atoms with Gasteiger partial charge in [0.2, 0.25) is 5.91 Å². The largest absolute Gasteiger partial charge is 0.381 e. The molecule has 1 aromatic rings. The Morgan fingerprint density at radius 2 is 1.96 bits per heavy atom. The van der Waals surface area contributed by atoms with Gasteiger partial charge in [0, 0.05) is 49.9 Å². The van der Waals surface area contributed by atoms with E-state index in [1.165, 1.54) is 0 Å². The van der Waals surface area contributed by atoms with E-state index in [0.29, 0.717) is 13.0 Å². The summed E-state index contributed by atoms with van der Waals surface area (Å²) in [7, 11) is 2.06. The number of hydrogen-bond donors (Lipinski definition) is 2. The van der Waals surface area contributed by atoms with E-state index >= 15 is 0 Å². The summed E-state index contributed by atoms with van der Waals surface area (Å²) in [5.74, 6) is 1.57. The van der Waals surface area contributed by atoms with Crippen molar-refractivity contribution < 1.29 is 9.53 Å². The van der Waals surface area contributed by atoms with Crippen LogP contribution < -0.4 is 10.6 Å². The highest BCUT2D eigenvalue weighted by molar-refractivity contribution is 14.0. The lowest BCUT2D eigenvalue weighted by molar-refractivity contribution is -0.116. The number of ether oxygens (including phenoxy) is 1. The van der Waals surface area contributed by atoms with Crippen LogP contribution in [0.25, 0.3) is 0 Å². The molecule has 1 aliphatic heterocycles. The Morgan fingerprint density at radius 3 is 2.61 bits per heavy atom. The van der Waals surface area contributed by atoms with Gasteiger partial charge in [-0.15, -0.1) is 24.0 Å². The number of nitrogens with one attached hydrogen (secondary N) is 2. The molecule has 6 nitrogen and oxygen atoms in total. The number of benzene rings is 1. The molecule has 1 amide bonds. The monoisotopic (exact) mass is 566 g/mol. The van der Waals surface area contributed by atoms with E-state index in [2.05, 4.69) is 50.4 Å². The van der Waals surface area contributed by atoms with E-state index in [1.807, 2.05) is 24.3 Å². The summed E-state index contributed by atoms with van der Waals surface area (Å²) >= 11 is 3.39. The molecular weight excluding hydrogens is 535 g/mol. The van der Waals surface area contributed by atoms with Crippen molar-refractivity contribution in [2.75, 3.05) is 45.2 Å². The fraction of sp³-hybridized carbons (Fsp3) is 0.600. The standard InChI is InChI=1S/C20H31BrN4O2.HI/c1-3-22-20(25(2)13-9-16-10-14-27-15-11-16)23-12-8-19(26)24-18-6-4-17(21)5-7-18;/h4-7,16H,3,8-15H2,1-2H3,(H,22,23)(H,24,26);1H. The predicted octanol–water partition coefficient (Wildman–Crippen LogP) is 4.11. The van der Waals surface area contributed by atoms with E-state index in [0.717, 1.165) is 67.6 Å². The molecule has 0 saturated carbocycles. The molecule has 0 aromatic heterocycles. The van der Waals surface area contributed by atoms with E-state index in [1.54, 1.807) is 0 Å². The molecule has 28 heavy (non-hydrogen) atoms. The maximum atomic E-state index is 12.1. The first-order valence-corrected chi connectivity index (χ1v) is 10.5. The number of anilines is 1. The van der Waals surface area contributed by atoms with Crippen LogP contribution in [0, 0.1) is 5.92 Å². The zero-order chi connectivity index (χ0) is 19.5. The molecule has 0 unspecified atom stereocenters. The van der Waals surface area contributed by atoms with Crippen LogP contribution in [0.3, 0.4) is 0 Å². The van der Waals surface area contributed by atoms with Crippen LogP contribution >= 0.6 is 39.9 Å². The fourth-order valence-electron chi connectivity index (χ4n) is 3.01. The zero-order valence-electron chi connectivity index (χ0n) is 16.7. The van der Waals surface area contributed by atoms with Crippen LogP contribution in [0.2, 0.25) is 0 Å². The lowest BCUT2D eigenvalue weighted by atomic mass is 9.96. The number of aliphatic imine (C=N–C) groups is 1. The smallest absolute Gasteiger partial charge is 0.226 e. The minimum absolute atomic E-state index is 0. The van der Waals surface area contributed by atoms with Crippen molar-refractivity contribution in [3.05, 3.63) is 28.7 Å². The number of nitrogens with zero attached hydrogens (tertiary/aromatic N) is 2. The minimum Gasteiger partial charge on any atom is -0.381 e. The Bertz CT molecular complexity index is 607. The van der Waals surface area contributed by atoms with Gasteiger partial charge in [0.1, 0.15) is 0 Å². The first-order chi connectivity index (χ1) is 13.1. The summed E-state index contributed by atoms with van der Waals surface area (Å²) in [6.45, 7) is 6.06. The van der Waals surface area contributed by atoms with Crippen molar-refractivity contribution >= 4 is 57.5 Å². The summed E-state index contributed by atoms with van der Waals surface area (Å²) in [5, 5.41) is 6.21. The first kappa shape index (κ1) is 25.2. The second kappa shape index (κ2) is 14.2. The third-order valence-electron chi connectivity index (χ3n) is 4.64.